The van der Waals surface area contributed by atoms with E-state index in [9.17, 15) is 9.18 Å². The lowest BCUT2D eigenvalue weighted by molar-refractivity contribution is 0.0684. The molecule has 0 radical (unpaired) electrons. The molecular weight excluding hydrogens is 239 g/mol. The smallest absolute Gasteiger partial charge is 0.354 e. The Morgan fingerprint density at radius 3 is 2.89 bits per heavy atom. The van der Waals surface area contributed by atoms with Crippen LogP contribution in [0.5, 0.6) is 5.75 Å². The number of carboxylic acids is 1. The van der Waals surface area contributed by atoms with Gasteiger partial charge in [-0.25, -0.2) is 9.18 Å². The van der Waals surface area contributed by atoms with Crippen LogP contribution in [0.3, 0.4) is 0 Å². The molecule has 94 valence electrons. The van der Waals surface area contributed by atoms with Crippen LogP contribution in [0.25, 0.3) is 0 Å². The van der Waals surface area contributed by atoms with Gasteiger partial charge in [0.1, 0.15) is 17.3 Å². The minimum absolute atomic E-state index is 0.0187. The van der Waals surface area contributed by atoms with Crippen molar-refractivity contribution < 1.29 is 19.0 Å². The van der Waals surface area contributed by atoms with E-state index in [0.717, 1.165) is 0 Å². The highest BCUT2D eigenvalue weighted by molar-refractivity contribution is 5.85. The van der Waals surface area contributed by atoms with Crippen molar-refractivity contribution in [2.75, 3.05) is 7.11 Å². The van der Waals surface area contributed by atoms with Crippen molar-refractivity contribution in [2.24, 2.45) is 0 Å². The molecular formula is C12H11FN2O3. The van der Waals surface area contributed by atoms with Gasteiger partial charge in [-0.3, -0.25) is 4.68 Å². The minimum atomic E-state index is -1.10. The maximum Gasteiger partial charge on any atom is 0.354 e. The molecule has 1 aromatic heterocycles. The molecule has 0 saturated carbocycles. The molecule has 0 aliphatic rings. The van der Waals surface area contributed by atoms with Gasteiger partial charge < -0.3 is 9.84 Å². The third-order valence-corrected chi connectivity index (χ3v) is 2.52. The molecule has 0 fully saturated rings. The summed E-state index contributed by atoms with van der Waals surface area (Å²) in [6.07, 6.45) is 1.37. The Kier molecular flexibility index (Phi) is 3.27. The average molecular weight is 250 g/mol. The normalized spacial score (nSPS) is 10.3. The maximum absolute atomic E-state index is 13.7. The van der Waals surface area contributed by atoms with E-state index in [2.05, 4.69) is 5.10 Å². The number of nitrogens with zero attached hydrogens (tertiary/aromatic N) is 2. The molecule has 1 N–H and O–H groups in total. The molecule has 0 aliphatic carbocycles. The van der Waals surface area contributed by atoms with Crippen molar-refractivity contribution in [3.8, 4) is 5.75 Å². The quantitative estimate of drug-likeness (QED) is 0.898. The van der Waals surface area contributed by atoms with Crippen molar-refractivity contribution in [3.63, 3.8) is 0 Å². The lowest BCUT2D eigenvalue weighted by Gasteiger charge is -2.07. The van der Waals surface area contributed by atoms with Crippen LogP contribution in [0, 0.1) is 5.82 Å². The zero-order valence-electron chi connectivity index (χ0n) is 9.63. The van der Waals surface area contributed by atoms with Crippen molar-refractivity contribution in [1.29, 1.82) is 0 Å². The number of rotatable bonds is 4. The summed E-state index contributed by atoms with van der Waals surface area (Å²) in [5.74, 6) is -1.14. The van der Waals surface area contributed by atoms with E-state index in [0.29, 0.717) is 11.3 Å². The number of methoxy groups -OCH3 is 1. The van der Waals surface area contributed by atoms with Crippen LogP contribution in [0.1, 0.15) is 16.1 Å². The molecule has 0 spiro atoms. The molecule has 0 atom stereocenters. The fraction of sp³-hybridized carbons (Fsp3) is 0.167. The highest BCUT2D eigenvalue weighted by Crippen LogP contribution is 2.17. The number of benzene rings is 1. The van der Waals surface area contributed by atoms with E-state index in [4.69, 9.17) is 9.84 Å². The summed E-state index contributed by atoms with van der Waals surface area (Å²) in [6, 6.07) is 5.77. The summed E-state index contributed by atoms with van der Waals surface area (Å²) >= 11 is 0. The van der Waals surface area contributed by atoms with Crippen molar-refractivity contribution in [2.45, 2.75) is 6.54 Å². The number of aromatic carboxylic acids is 1. The number of aromatic nitrogens is 2. The fourth-order valence-corrected chi connectivity index (χ4v) is 1.58. The Morgan fingerprint density at radius 2 is 2.28 bits per heavy atom. The second-order valence-electron chi connectivity index (χ2n) is 3.64. The molecule has 0 unspecified atom stereocenters. The maximum atomic E-state index is 13.7. The number of halogens is 1. The van der Waals surface area contributed by atoms with Gasteiger partial charge >= 0.3 is 5.97 Å². The number of hydrogen-bond donors (Lipinski definition) is 1. The minimum Gasteiger partial charge on any atom is -0.497 e. The molecule has 0 aliphatic heterocycles. The Balaban J connectivity index is 2.28. The molecule has 18 heavy (non-hydrogen) atoms. The van der Waals surface area contributed by atoms with E-state index in [-0.39, 0.29) is 12.2 Å². The predicted octanol–water partition coefficient (Wildman–Crippen LogP) is 1.78. The zero-order chi connectivity index (χ0) is 13.1. The summed E-state index contributed by atoms with van der Waals surface area (Å²) in [7, 11) is 1.45. The van der Waals surface area contributed by atoms with E-state index >= 15 is 0 Å². The Bertz CT molecular complexity index is 580. The van der Waals surface area contributed by atoms with Gasteiger partial charge in [0, 0.05) is 17.8 Å². The van der Waals surface area contributed by atoms with Crippen molar-refractivity contribution in [1.82, 2.24) is 9.78 Å². The lowest BCUT2D eigenvalue weighted by atomic mass is 10.2. The fourth-order valence-electron chi connectivity index (χ4n) is 1.58. The van der Waals surface area contributed by atoms with Gasteiger partial charge in [0.25, 0.3) is 0 Å². The Morgan fingerprint density at radius 1 is 1.50 bits per heavy atom. The molecule has 1 heterocycles. The van der Waals surface area contributed by atoms with Crippen LogP contribution >= 0.6 is 0 Å². The monoisotopic (exact) mass is 250 g/mol. The molecule has 6 heteroatoms. The van der Waals surface area contributed by atoms with Gasteiger partial charge in [-0.1, -0.05) is 6.07 Å². The highest BCUT2D eigenvalue weighted by Gasteiger charge is 2.12. The summed E-state index contributed by atoms with van der Waals surface area (Å²) in [5, 5.41) is 12.8. The summed E-state index contributed by atoms with van der Waals surface area (Å²) in [5.41, 5.74) is 0.368. The van der Waals surface area contributed by atoms with Crippen LogP contribution in [0.4, 0.5) is 4.39 Å². The SMILES string of the molecule is COc1ccc(Cn2nccc2C(=O)O)c(F)c1. The Hall–Kier alpha value is -2.37. The molecule has 2 rings (SSSR count). The summed E-state index contributed by atoms with van der Waals surface area (Å²) in [6.45, 7) is 0.0600. The second kappa shape index (κ2) is 4.87. The van der Waals surface area contributed by atoms with Gasteiger partial charge in [-0.15, -0.1) is 0 Å². The van der Waals surface area contributed by atoms with Crippen molar-refractivity contribution >= 4 is 5.97 Å². The first-order valence-electron chi connectivity index (χ1n) is 5.19. The summed E-state index contributed by atoms with van der Waals surface area (Å²) < 4.78 is 19.8. The third kappa shape index (κ3) is 2.32. The van der Waals surface area contributed by atoms with Gasteiger partial charge in [0.05, 0.1) is 13.7 Å². The average Bonchev–Trinajstić information content (AvgIpc) is 2.80. The molecule has 0 amide bonds. The van der Waals surface area contributed by atoms with Crippen LogP contribution in [0.15, 0.2) is 30.5 Å². The van der Waals surface area contributed by atoms with Crippen LogP contribution in [-0.4, -0.2) is 28.0 Å². The standard InChI is InChI=1S/C12H11FN2O3/c1-18-9-3-2-8(10(13)6-9)7-15-11(12(16)17)4-5-14-15/h2-6H,7H2,1H3,(H,16,17). The zero-order valence-corrected chi connectivity index (χ0v) is 9.63. The van der Waals surface area contributed by atoms with Crippen molar-refractivity contribution in [3.05, 3.63) is 47.5 Å². The highest BCUT2D eigenvalue weighted by atomic mass is 19.1. The Labute approximate surface area is 102 Å². The first-order valence-corrected chi connectivity index (χ1v) is 5.19. The van der Waals surface area contributed by atoms with E-state index < -0.39 is 11.8 Å². The second-order valence-corrected chi connectivity index (χ2v) is 3.64. The largest absolute Gasteiger partial charge is 0.497 e. The number of carboxylic acid groups (broad SMARTS) is 1. The van der Waals surface area contributed by atoms with Gasteiger partial charge in [0.15, 0.2) is 0 Å². The topological polar surface area (TPSA) is 64.4 Å². The van der Waals surface area contributed by atoms with Crippen LogP contribution in [0.2, 0.25) is 0 Å². The van der Waals surface area contributed by atoms with Crippen LogP contribution < -0.4 is 4.74 Å². The number of carbonyl (C=O) groups is 1. The number of ether oxygens (including phenoxy) is 1. The number of hydrogen-bond acceptors (Lipinski definition) is 3. The summed E-state index contributed by atoms with van der Waals surface area (Å²) in [4.78, 5) is 10.9. The molecule has 2 aromatic rings. The van der Waals surface area contributed by atoms with E-state index in [1.54, 1.807) is 12.1 Å². The predicted molar refractivity (Wildman–Crippen MR) is 61.2 cm³/mol. The molecule has 0 saturated heterocycles. The van der Waals surface area contributed by atoms with Gasteiger partial charge in [-0.05, 0) is 12.1 Å². The van der Waals surface area contributed by atoms with E-state index in [1.807, 2.05) is 0 Å². The lowest BCUT2D eigenvalue weighted by Crippen LogP contribution is -2.11. The molecule has 0 bridgehead atoms. The first-order chi connectivity index (χ1) is 8.61. The van der Waals surface area contributed by atoms with E-state index in [1.165, 1.54) is 30.1 Å². The third-order valence-electron chi connectivity index (χ3n) is 2.52. The van der Waals surface area contributed by atoms with Gasteiger partial charge in [-0.2, -0.15) is 5.10 Å². The molecule has 1 aromatic carbocycles. The van der Waals surface area contributed by atoms with Crippen LogP contribution in [-0.2, 0) is 6.54 Å². The van der Waals surface area contributed by atoms with Gasteiger partial charge in [0.2, 0.25) is 0 Å². The molecule has 5 nitrogen and oxygen atoms in total. The first kappa shape index (κ1) is 12.1.